The van der Waals surface area contributed by atoms with Gasteiger partial charge in [-0.3, -0.25) is 29.1 Å². The van der Waals surface area contributed by atoms with Crippen LogP contribution in [-0.2, 0) is 44.9 Å². The number of pyridine rings is 2. The molecule has 12 heteroatoms. The lowest BCUT2D eigenvalue weighted by molar-refractivity contribution is -0.133. The fourth-order valence-corrected chi connectivity index (χ4v) is 6.44. The quantitative estimate of drug-likeness (QED) is 0.0746. The number of amides is 4. The van der Waals surface area contributed by atoms with Crippen LogP contribution in [0.5, 0.6) is 0 Å². The maximum absolute atomic E-state index is 13.9. The molecule has 6 N–H and O–H groups in total. The monoisotopic (exact) mass is 764 g/mol. The van der Waals surface area contributed by atoms with Crippen LogP contribution in [0, 0.1) is 11.8 Å². The summed E-state index contributed by atoms with van der Waals surface area (Å²) in [6, 6.07) is 22.0. The first-order chi connectivity index (χ1) is 26.9. The van der Waals surface area contributed by atoms with Crippen LogP contribution in [0.4, 0.5) is 0 Å². The van der Waals surface area contributed by atoms with Crippen molar-refractivity contribution in [3.05, 3.63) is 132 Å². The van der Waals surface area contributed by atoms with Crippen LogP contribution in [0.1, 0.15) is 62.8 Å². The van der Waals surface area contributed by atoms with Gasteiger partial charge in [-0.2, -0.15) is 0 Å². The summed E-state index contributed by atoms with van der Waals surface area (Å²) in [6.45, 7) is 7.27. The van der Waals surface area contributed by atoms with Gasteiger partial charge in [0.2, 0.25) is 23.6 Å². The molecule has 298 valence electrons. The highest BCUT2D eigenvalue weighted by atomic mass is 16.3. The molecule has 2 heterocycles. The third-order valence-electron chi connectivity index (χ3n) is 9.68. The van der Waals surface area contributed by atoms with Crippen molar-refractivity contribution in [3.63, 3.8) is 0 Å². The Balaban J connectivity index is 1.53. The average molecular weight is 765 g/mol. The first-order valence-electron chi connectivity index (χ1n) is 19.3. The van der Waals surface area contributed by atoms with E-state index in [0.717, 1.165) is 22.3 Å². The lowest BCUT2D eigenvalue weighted by Gasteiger charge is -2.35. The van der Waals surface area contributed by atoms with Gasteiger partial charge in [-0.1, -0.05) is 100 Å². The summed E-state index contributed by atoms with van der Waals surface area (Å²) < 4.78 is 0. The van der Waals surface area contributed by atoms with Crippen molar-refractivity contribution in [3.8, 4) is 0 Å². The van der Waals surface area contributed by atoms with Gasteiger partial charge in [0.1, 0.15) is 24.3 Å². The van der Waals surface area contributed by atoms with E-state index in [-0.39, 0.29) is 49.3 Å². The molecule has 6 atom stereocenters. The summed E-state index contributed by atoms with van der Waals surface area (Å²) in [6.07, 6.45) is 5.10. The van der Waals surface area contributed by atoms with Gasteiger partial charge >= 0.3 is 0 Å². The molecule has 2 aromatic carbocycles. The molecule has 4 rings (SSSR count). The van der Waals surface area contributed by atoms with Crippen molar-refractivity contribution in [2.45, 2.75) is 103 Å². The topological polar surface area (TPSA) is 183 Å². The number of hydrogen-bond acceptors (Lipinski definition) is 8. The number of aliphatic hydroxyl groups excluding tert-OH is 2. The Morgan fingerprint density at radius 3 is 1.20 bits per heavy atom. The Bertz CT molecular complexity index is 1660. The van der Waals surface area contributed by atoms with Gasteiger partial charge in [-0.25, -0.2) is 0 Å². The van der Waals surface area contributed by atoms with Gasteiger partial charge in [-0.05, 0) is 71.9 Å². The van der Waals surface area contributed by atoms with E-state index in [4.69, 9.17) is 0 Å². The molecule has 56 heavy (non-hydrogen) atoms. The summed E-state index contributed by atoms with van der Waals surface area (Å²) in [5.41, 5.74) is 3.38. The number of nitrogens with one attached hydrogen (secondary N) is 4. The van der Waals surface area contributed by atoms with Gasteiger partial charge in [-0.15, -0.1) is 0 Å². The van der Waals surface area contributed by atoms with Crippen LogP contribution in [0.3, 0.4) is 0 Å². The smallest absolute Gasteiger partial charge is 0.243 e. The van der Waals surface area contributed by atoms with Gasteiger partial charge in [0, 0.05) is 37.6 Å². The molecular formula is C44H56N6O6. The summed E-state index contributed by atoms with van der Waals surface area (Å²) in [5, 5.41) is 35.5. The maximum Gasteiger partial charge on any atom is 0.243 e. The standard InChI is InChI=1S/C44H56N6O6/c1-29(2)39(49-37(51)21-19-33-17-11-23-45-27-33)43(55)47-35(25-31-13-7-5-8-14-31)41(53)42(54)36(26-32-15-9-6-10-16-32)48-44(56)40(30(3)4)50-38(52)22-20-34-18-12-24-46-28-34/h5-18,23-24,27-30,35-36,39-42,53-54H,19-22,25-26H2,1-4H3,(H,47,55)(H,48,56)(H,49,51)(H,50,52)/t35-,36-,39?,40?,41+,42+/m0/s1. The largest absolute Gasteiger partial charge is 0.388 e. The van der Waals surface area contributed by atoms with Crippen molar-refractivity contribution >= 4 is 23.6 Å². The van der Waals surface area contributed by atoms with Crippen LogP contribution in [0.15, 0.2) is 110 Å². The zero-order chi connectivity index (χ0) is 40.5. The highest BCUT2D eigenvalue weighted by Gasteiger charge is 2.37. The van der Waals surface area contributed by atoms with E-state index in [1.54, 1.807) is 36.9 Å². The van der Waals surface area contributed by atoms with Crippen molar-refractivity contribution in [2.75, 3.05) is 0 Å². The molecule has 0 aliphatic rings. The minimum atomic E-state index is -1.56. The Morgan fingerprint density at radius 1 is 0.518 bits per heavy atom. The SMILES string of the molecule is CC(C)C(NC(=O)CCc1cccnc1)C(=O)N[C@@H](Cc1ccccc1)[C@@H](O)[C@H](O)[C@H](Cc1ccccc1)NC(=O)C(NC(=O)CCc1cccnc1)C(C)C. The molecule has 0 aliphatic heterocycles. The minimum Gasteiger partial charge on any atom is -0.388 e. The average Bonchev–Trinajstić information content (AvgIpc) is 3.20. The number of rotatable bonds is 21. The lowest BCUT2D eigenvalue weighted by atomic mass is 9.90. The normalized spacial score (nSPS) is 14.5. The second kappa shape index (κ2) is 22.2. The van der Waals surface area contributed by atoms with E-state index < -0.39 is 48.2 Å². The third kappa shape index (κ3) is 14.0. The molecule has 4 aromatic rings. The molecule has 0 fully saturated rings. The maximum atomic E-state index is 13.9. The Labute approximate surface area is 330 Å². The highest BCUT2D eigenvalue weighted by Crippen LogP contribution is 2.17. The van der Waals surface area contributed by atoms with E-state index in [1.165, 1.54) is 0 Å². The van der Waals surface area contributed by atoms with Crippen LogP contribution in [0.25, 0.3) is 0 Å². The Kier molecular flexibility index (Phi) is 17.1. The summed E-state index contributed by atoms with van der Waals surface area (Å²) in [5.74, 6) is -2.24. The molecule has 2 unspecified atom stereocenters. The Hall–Kier alpha value is -5.46. The van der Waals surface area contributed by atoms with Crippen molar-refractivity contribution < 1.29 is 29.4 Å². The number of nitrogens with zero attached hydrogens (tertiary/aromatic N) is 2. The van der Waals surface area contributed by atoms with Gasteiger partial charge in [0.25, 0.3) is 0 Å². The first kappa shape index (κ1) is 43.3. The fraction of sp³-hybridized carbons (Fsp3) is 0.409. The highest BCUT2D eigenvalue weighted by molar-refractivity contribution is 5.89. The molecule has 2 aromatic heterocycles. The van der Waals surface area contributed by atoms with Crippen molar-refractivity contribution in [2.24, 2.45) is 11.8 Å². The second-order valence-electron chi connectivity index (χ2n) is 14.9. The molecule has 0 bridgehead atoms. The molecule has 0 saturated heterocycles. The number of benzene rings is 2. The summed E-state index contributed by atoms with van der Waals surface area (Å²) in [7, 11) is 0. The van der Waals surface area contributed by atoms with Gasteiger partial charge in [0.15, 0.2) is 0 Å². The molecule has 4 amide bonds. The zero-order valence-electron chi connectivity index (χ0n) is 32.7. The minimum absolute atomic E-state index is 0.151. The van der Waals surface area contributed by atoms with Crippen LogP contribution in [-0.4, -0.2) is 80.2 Å². The summed E-state index contributed by atoms with van der Waals surface area (Å²) in [4.78, 5) is 62.1. The van der Waals surface area contributed by atoms with Gasteiger partial charge < -0.3 is 31.5 Å². The number of carbonyl (C=O) groups is 4. The molecular weight excluding hydrogens is 709 g/mol. The number of aliphatic hydroxyl groups is 2. The van der Waals surface area contributed by atoms with Crippen LogP contribution < -0.4 is 21.3 Å². The van der Waals surface area contributed by atoms with E-state index in [2.05, 4.69) is 31.2 Å². The van der Waals surface area contributed by atoms with Crippen LogP contribution in [0.2, 0.25) is 0 Å². The van der Waals surface area contributed by atoms with E-state index in [9.17, 15) is 29.4 Å². The lowest BCUT2D eigenvalue weighted by Crippen LogP contribution is -2.61. The Morgan fingerprint density at radius 2 is 0.875 bits per heavy atom. The predicted molar refractivity (Wildman–Crippen MR) is 215 cm³/mol. The number of carbonyl (C=O) groups excluding carboxylic acids is 4. The summed E-state index contributed by atoms with van der Waals surface area (Å²) >= 11 is 0. The van der Waals surface area contributed by atoms with Crippen LogP contribution >= 0.6 is 0 Å². The predicted octanol–water partition coefficient (Wildman–Crippen LogP) is 3.50. The second-order valence-corrected chi connectivity index (χ2v) is 14.9. The van der Waals surface area contributed by atoms with Gasteiger partial charge in [0.05, 0.1) is 12.1 Å². The molecule has 0 saturated carbocycles. The van der Waals surface area contributed by atoms with Crippen molar-refractivity contribution in [1.29, 1.82) is 0 Å². The number of aromatic nitrogens is 2. The molecule has 12 nitrogen and oxygen atoms in total. The fourth-order valence-electron chi connectivity index (χ4n) is 6.44. The molecule has 0 radical (unpaired) electrons. The number of aryl methyl sites for hydroxylation is 2. The molecule has 0 spiro atoms. The van der Waals surface area contributed by atoms with E-state index in [0.29, 0.717) is 12.8 Å². The molecule has 0 aliphatic carbocycles. The van der Waals surface area contributed by atoms with Crippen molar-refractivity contribution in [1.82, 2.24) is 31.2 Å². The third-order valence-corrected chi connectivity index (χ3v) is 9.68. The first-order valence-corrected chi connectivity index (χ1v) is 19.3. The van der Waals surface area contributed by atoms with E-state index in [1.807, 2.05) is 100 Å². The zero-order valence-corrected chi connectivity index (χ0v) is 32.7. The number of hydrogen-bond donors (Lipinski definition) is 6. The van der Waals surface area contributed by atoms with E-state index >= 15 is 0 Å².